The second-order valence-electron chi connectivity index (χ2n) is 5.63. The lowest BCUT2D eigenvalue weighted by atomic mass is 9.98. The van der Waals surface area contributed by atoms with Crippen LogP contribution in [0.1, 0.15) is 38.6 Å². The lowest BCUT2D eigenvalue weighted by molar-refractivity contribution is 0.0977. The van der Waals surface area contributed by atoms with Crippen LogP contribution < -0.4 is 5.32 Å². The minimum absolute atomic E-state index is 0.585. The van der Waals surface area contributed by atoms with E-state index in [0.717, 1.165) is 13.1 Å². The van der Waals surface area contributed by atoms with Gasteiger partial charge in [0.05, 0.1) is 0 Å². The van der Waals surface area contributed by atoms with Gasteiger partial charge >= 0.3 is 0 Å². The zero-order valence-corrected chi connectivity index (χ0v) is 12.1. The van der Waals surface area contributed by atoms with Crippen molar-refractivity contribution in [2.45, 2.75) is 45.8 Å². The predicted molar refractivity (Wildman–Crippen MR) is 75.5 cm³/mol. The minimum Gasteiger partial charge on any atom is -0.309 e. The standard InChI is InChI=1S/C14H24N2S/c1-10(2)14(13-6-5-7-17-13)16-8-11(3)15-12(4)9-16/h5-7,10-12,14-15H,8-9H2,1-4H3. The molecule has 1 aromatic heterocycles. The van der Waals surface area contributed by atoms with Crippen molar-refractivity contribution < 1.29 is 0 Å². The first-order valence-corrected chi connectivity index (χ1v) is 7.49. The summed E-state index contributed by atoms with van der Waals surface area (Å²) in [5.41, 5.74) is 0. The molecule has 1 aromatic rings. The van der Waals surface area contributed by atoms with Crippen molar-refractivity contribution in [2.75, 3.05) is 13.1 Å². The van der Waals surface area contributed by atoms with Gasteiger partial charge in [0.25, 0.3) is 0 Å². The highest BCUT2D eigenvalue weighted by atomic mass is 32.1. The molecule has 0 aromatic carbocycles. The molecule has 17 heavy (non-hydrogen) atoms. The minimum atomic E-state index is 0.585. The van der Waals surface area contributed by atoms with Crippen LogP contribution in [0.3, 0.4) is 0 Å². The predicted octanol–water partition coefficient (Wildman–Crippen LogP) is 3.13. The summed E-state index contributed by atoms with van der Waals surface area (Å²) < 4.78 is 0. The van der Waals surface area contributed by atoms with Crippen LogP contribution in [0.2, 0.25) is 0 Å². The van der Waals surface area contributed by atoms with Crippen molar-refractivity contribution in [1.29, 1.82) is 0 Å². The molecule has 0 radical (unpaired) electrons. The Kier molecular flexibility index (Phi) is 4.23. The van der Waals surface area contributed by atoms with Gasteiger partial charge in [-0.15, -0.1) is 11.3 Å². The van der Waals surface area contributed by atoms with E-state index in [-0.39, 0.29) is 0 Å². The Labute approximate surface area is 109 Å². The molecular formula is C14H24N2S. The van der Waals surface area contributed by atoms with E-state index >= 15 is 0 Å². The molecule has 0 amide bonds. The highest BCUT2D eigenvalue weighted by Crippen LogP contribution is 2.32. The third-order valence-corrected chi connectivity index (χ3v) is 4.39. The second kappa shape index (κ2) is 5.51. The van der Waals surface area contributed by atoms with E-state index in [0.29, 0.717) is 24.0 Å². The van der Waals surface area contributed by atoms with E-state index in [2.05, 4.69) is 55.4 Å². The van der Waals surface area contributed by atoms with Gasteiger partial charge in [0.15, 0.2) is 0 Å². The molecule has 1 aliphatic heterocycles. The molecule has 0 aliphatic carbocycles. The van der Waals surface area contributed by atoms with Crippen LogP contribution in [0.5, 0.6) is 0 Å². The first-order chi connectivity index (χ1) is 8.08. The Hall–Kier alpha value is -0.380. The number of rotatable bonds is 3. The molecule has 1 saturated heterocycles. The maximum Gasteiger partial charge on any atom is 0.0465 e. The Bertz CT molecular complexity index is 324. The molecule has 1 aliphatic rings. The van der Waals surface area contributed by atoms with Crippen molar-refractivity contribution in [1.82, 2.24) is 10.2 Å². The normalized spacial score (nSPS) is 28.5. The van der Waals surface area contributed by atoms with Crippen LogP contribution in [0, 0.1) is 5.92 Å². The Morgan fingerprint density at radius 3 is 2.41 bits per heavy atom. The zero-order chi connectivity index (χ0) is 12.4. The van der Waals surface area contributed by atoms with Crippen LogP contribution in [-0.4, -0.2) is 30.1 Å². The van der Waals surface area contributed by atoms with Gasteiger partial charge in [-0.1, -0.05) is 19.9 Å². The molecule has 0 saturated carbocycles. The maximum atomic E-state index is 3.61. The first kappa shape index (κ1) is 13.1. The van der Waals surface area contributed by atoms with Gasteiger partial charge in [-0.05, 0) is 31.2 Å². The van der Waals surface area contributed by atoms with E-state index in [1.54, 1.807) is 0 Å². The molecular weight excluding hydrogens is 228 g/mol. The highest BCUT2D eigenvalue weighted by Gasteiger charge is 2.30. The van der Waals surface area contributed by atoms with Crippen molar-refractivity contribution in [3.05, 3.63) is 22.4 Å². The summed E-state index contributed by atoms with van der Waals surface area (Å²) in [6.07, 6.45) is 0. The van der Waals surface area contributed by atoms with E-state index in [1.165, 1.54) is 4.88 Å². The van der Waals surface area contributed by atoms with Crippen LogP contribution in [0.4, 0.5) is 0 Å². The van der Waals surface area contributed by atoms with Gasteiger partial charge in [0.1, 0.15) is 0 Å². The summed E-state index contributed by atoms with van der Waals surface area (Å²) in [5.74, 6) is 0.672. The van der Waals surface area contributed by atoms with Crippen molar-refractivity contribution in [3.8, 4) is 0 Å². The van der Waals surface area contributed by atoms with E-state index in [9.17, 15) is 0 Å². The third-order valence-electron chi connectivity index (χ3n) is 3.45. The van der Waals surface area contributed by atoms with Gasteiger partial charge in [-0.2, -0.15) is 0 Å². The molecule has 0 bridgehead atoms. The number of hydrogen-bond acceptors (Lipinski definition) is 3. The van der Waals surface area contributed by atoms with Gasteiger partial charge in [0.2, 0.25) is 0 Å². The van der Waals surface area contributed by atoms with Gasteiger partial charge in [-0.3, -0.25) is 4.90 Å². The molecule has 3 atom stereocenters. The summed E-state index contributed by atoms with van der Waals surface area (Å²) >= 11 is 1.89. The number of hydrogen-bond donors (Lipinski definition) is 1. The lowest BCUT2D eigenvalue weighted by Crippen LogP contribution is -2.55. The van der Waals surface area contributed by atoms with Crippen molar-refractivity contribution >= 4 is 11.3 Å². The summed E-state index contributed by atoms with van der Waals surface area (Å²) in [6.45, 7) is 11.6. The smallest absolute Gasteiger partial charge is 0.0465 e. The molecule has 3 heteroatoms. The number of nitrogens with one attached hydrogen (secondary N) is 1. The Morgan fingerprint density at radius 2 is 1.94 bits per heavy atom. The van der Waals surface area contributed by atoms with E-state index in [1.807, 2.05) is 11.3 Å². The van der Waals surface area contributed by atoms with Gasteiger partial charge < -0.3 is 5.32 Å². The number of piperazine rings is 1. The first-order valence-electron chi connectivity index (χ1n) is 6.61. The average molecular weight is 252 g/mol. The molecule has 2 nitrogen and oxygen atoms in total. The van der Waals surface area contributed by atoms with Crippen molar-refractivity contribution in [3.63, 3.8) is 0 Å². The second-order valence-corrected chi connectivity index (χ2v) is 6.61. The van der Waals surface area contributed by atoms with Gasteiger partial charge in [-0.25, -0.2) is 0 Å². The third kappa shape index (κ3) is 3.09. The molecule has 3 unspecified atom stereocenters. The molecule has 2 heterocycles. The summed E-state index contributed by atoms with van der Waals surface area (Å²) in [5, 5.41) is 5.80. The number of nitrogens with zero attached hydrogens (tertiary/aromatic N) is 1. The monoisotopic (exact) mass is 252 g/mol. The highest BCUT2D eigenvalue weighted by molar-refractivity contribution is 7.10. The molecule has 1 N–H and O–H groups in total. The SMILES string of the molecule is CC1CN(C(c2cccs2)C(C)C)CC(C)N1. The fraction of sp³-hybridized carbons (Fsp3) is 0.714. The average Bonchev–Trinajstić information content (AvgIpc) is 2.68. The zero-order valence-electron chi connectivity index (χ0n) is 11.3. The van der Waals surface area contributed by atoms with E-state index < -0.39 is 0 Å². The summed E-state index contributed by atoms with van der Waals surface area (Å²) in [4.78, 5) is 4.17. The van der Waals surface area contributed by atoms with Gasteiger partial charge in [0, 0.05) is 36.1 Å². The molecule has 0 spiro atoms. The van der Waals surface area contributed by atoms with E-state index in [4.69, 9.17) is 0 Å². The van der Waals surface area contributed by atoms with Crippen LogP contribution in [0.15, 0.2) is 17.5 Å². The largest absolute Gasteiger partial charge is 0.309 e. The molecule has 2 rings (SSSR count). The van der Waals surface area contributed by atoms with Crippen LogP contribution >= 0.6 is 11.3 Å². The fourth-order valence-corrected chi connectivity index (χ4v) is 4.02. The quantitative estimate of drug-likeness (QED) is 0.889. The van der Waals surface area contributed by atoms with Crippen LogP contribution in [0.25, 0.3) is 0 Å². The van der Waals surface area contributed by atoms with Crippen molar-refractivity contribution in [2.24, 2.45) is 5.92 Å². The topological polar surface area (TPSA) is 15.3 Å². The van der Waals surface area contributed by atoms with Crippen LogP contribution in [-0.2, 0) is 0 Å². The Balaban J connectivity index is 2.16. The number of thiophene rings is 1. The Morgan fingerprint density at radius 1 is 1.29 bits per heavy atom. The molecule has 96 valence electrons. The lowest BCUT2D eigenvalue weighted by Gasteiger charge is -2.42. The summed E-state index contributed by atoms with van der Waals surface area (Å²) in [7, 11) is 0. The fourth-order valence-electron chi connectivity index (χ4n) is 2.99. The maximum absolute atomic E-state index is 3.61. The molecule has 1 fully saturated rings. The summed E-state index contributed by atoms with van der Waals surface area (Å²) in [6, 6.07) is 6.24.